The molecule has 4 saturated carbocycles. The molecule has 564 valence electrons. The lowest BCUT2D eigenvalue weighted by atomic mass is 9.33. The summed E-state index contributed by atoms with van der Waals surface area (Å²) in [6, 6.07) is 29.6. The Hall–Kier alpha value is -4.79. The van der Waals surface area contributed by atoms with E-state index in [0.717, 1.165) is 42.4 Å². The van der Waals surface area contributed by atoms with Crippen molar-refractivity contribution in [1.82, 2.24) is 10.6 Å². The highest BCUT2D eigenvalue weighted by atomic mass is 16.8. The van der Waals surface area contributed by atoms with Crippen molar-refractivity contribution < 1.29 is 71.2 Å². The van der Waals surface area contributed by atoms with Crippen LogP contribution in [-0.4, -0.2) is 123 Å². The number of nitrogens with one attached hydrogen (secondary N) is 2. The second kappa shape index (κ2) is 30.8. The first-order valence-electron chi connectivity index (χ1n) is 39.0. The van der Waals surface area contributed by atoms with E-state index in [9.17, 15) is 9.59 Å². The number of fused-ring (bicyclic) bond motifs is 8. The molecule has 0 radical (unpaired) electrons. The Labute approximate surface area is 609 Å². The first-order valence-corrected chi connectivity index (χ1v) is 39.0. The molecule has 22 atom stereocenters. The third kappa shape index (κ3) is 16.1. The minimum absolute atomic E-state index is 0.00777. The van der Waals surface area contributed by atoms with Gasteiger partial charge in [-0.3, -0.25) is 9.59 Å². The molecule has 4 heterocycles. The molecule has 3 aromatic carbocycles. The maximum absolute atomic E-state index is 16.5. The third-order valence-electron chi connectivity index (χ3n) is 26.8. The molecule has 8 fully saturated rings. The van der Waals surface area contributed by atoms with Crippen LogP contribution in [0.2, 0.25) is 0 Å². The van der Waals surface area contributed by atoms with Crippen molar-refractivity contribution in [2.75, 3.05) is 19.8 Å². The minimum atomic E-state index is -1.26. The molecule has 5 aliphatic carbocycles. The van der Waals surface area contributed by atoms with Gasteiger partial charge in [-0.25, -0.2) is 4.79 Å². The van der Waals surface area contributed by atoms with E-state index in [1.165, 1.54) is 31.3 Å². The Morgan fingerprint density at radius 3 is 1.94 bits per heavy atom. The Morgan fingerprint density at radius 1 is 0.627 bits per heavy atom. The fourth-order valence-corrected chi connectivity index (χ4v) is 20.6. The van der Waals surface area contributed by atoms with Crippen LogP contribution in [0.25, 0.3) is 0 Å². The number of hydrogen-bond acceptors (Lipinski definition) is 15. The number of amides is 2. The van der Waals surface area contributed by atoms with Gasteiger partial charge >= 0.3 is 12.1 Å². The molecule has 3 aromatic rings. The average molecular weight is 1410 g/mol. The molecule has 2 amide bonds. The highest BCUT2D eigenvalue weighted by molar-refractivity contribution is 5.79. The zero-order chi connectivity index (χ0) is 72.8. The highest BCUT2D eigenvalue weighted by Crippen LogP contribution is 2.76. The number of carbonyl (C=O) groups excluding carboxylic acids is 3. The number of benzene rings is 3. The first-order chi connectivity index (χ1) is 48.3. The summed E-state index contributed by atoms with van der Waals surface area (Å²) in [5.41, 5.74) is 3.56. The molecule has 2 N–H and O–H groups in total. The van der Waals surface area contributed by atoms with Gasteiger partial charge in [0.2, 0.25) is 12.2 Å². The van der Waals surface area contributed by atoms with Gasteiger partial charge in [-0.2, -0.15) is 0 Å². The van der Waals surface area contributed by atoms with Crippen LogP contribution in [0.15, 0.2) is 103 Å². The van der Waals surface area contributed by atoms with Gasteiger partial charge < -0.3 is 67.5 Å². The number of ether oxygens (including phenoxy) is 12. The lowest BCUT2D eigenvalue weighted by molar-refractivity contribution is -0.354. The lowest BCUT2D eigenvalue weighted by Crippen LogP contribution is -2.66. The number of unbranched alkanes of at least 4 members (excludes halogenated alkanes) is 2. The van der Waals surface area contributed by atoms with Crippen molar-refractivity contribution in [3.63, 3.8) is 0 Å². The van der Waals surface area contributed by atoms with Crippen molar-refractivity contribution in [1.29, 1.82) is 0 Å². The van der Waals surface area contributed by atoms with E-state index in [1.807, 2.05) is 115 Å². The van der Waals surface area contributed by atoms with Gasteiger partial charge in [-0.1, -0.05) is 178 Å². The van der Waals surface area contributed by atoms with Crippen molar-refractivity contribution in [3.8, 4) is 0 Å². The number of rotatable bonds is 23. The Kier molecular flexibility index (Phi) is 23.2. The van der Waals surface area contributed by atoms with Crippen LogP contribution in [0, 0.1) is 68.0 Å². The first kappa shape index (κ1) is 76.8. The van der Waals surface area contributed by atoms with Crippen LogP contribution in [0.4, 0.5) is 4.79 Å². The van der Waals surface area contributed by atoms with Crippen LogP contribution >= 0.6 is 0 Å². The van der Waals surface area contributed by atoms with Crippen molar-refractivity contribution in [2.45, 2.75) is 306 Å². The van der Waals surface area contributed by atoms with Gasteiger partial charge in [0.05, 0.1) is 56.7 Å². The van der Waals surface area contributed by atoms with Crippen LogP contribution in [0.1, 0.15) is 217 Å². The molecule has 4 aliphatic heterocycles. The second-order valence-electron chi connectivity index (χ2n) is 35.9. The van der Waals surface area contributed by atoms with E-state index in [4.69, 9.17) is 56.8 Å². The topological polar surface area (TPSA) is 186 Å². The van der Waals surface area contributed by atoms with Crippen LogP contribution in [-0.2, 0) is 86.3 Å². The average Bonchev–Trinajstić information content (AvgIpc) is 0.782. The van der Waals surface area contributed by atoms with Gasteiger partial charge in [0.15, 0.2) is 18.4 Å². The van der Waals surface area contributed by atoms with Crippen LogP contribution in [0.5, 0.6) is 0 Å². The molecular weight excluding hydrogens is 1290 g/mol. The fraction of sp³-hybridized carbons (Fsp3) is 0.729. The quantitative estimate of drug-likeness (QED) is 0.0518. The molecule has 12 rings (SSSR count). The molecule has 17 heteroatoms. The molecular formula is C85H124N2O15. The predicted octanol–water partition coefficient (Wildman–Crippen LogP) is 16.3. The van der Waals surface area contributed by atoms with Gasteiger partial charge in [0, 0.05) is 24.8 Å². The van der Waals surface area contributed by atoms with E-state index in [-0.39, 0.29) is 76.5 Å². The molecule has 11 unspecified atom stereocenters. The normalized spacial score (nSPS) is 38.9. The molecule has 17 nitrogen and oxygen atoms in total. The van der Waals surface area contributed by atoms with Crippen molar-refractivity contribution in [3.05, 3.63) is 119 Å². The van der Waals surface area contributed by atoms with Crippen LogP contribution < -0.4 is 10.6 Å². The lowest BCUT2D eigenvalue weighted by Gasteiger charge is -2.71. The monoisotopic (exact) mass is 1410 g/mol. The van der Waals surface area contributed by atoms with Crippen molar-refractivity contribution >= 4 is 18.0 Å². The zero-order valence-electron chi connectivity index (χ0n) is 64.4. The summed E-state index contributed by atoms with van der Waals surface area (Å²) in [4.78, 5) is 43.5. The number of allylic oxidation sites excluding steroid dienone is 2. The third-order valence-corrected chi connectivity index (χ3v) is 26.8. The van der Waals surface area contributed by atoms with E-state index in [1.54, 1.807) is 0 Å². The molecule has 102 heavy (non-hydrogen) atoms. The van der Waals surface area contributed by atoms with E-state index in [2.05, 4.69) is 103 Å². The van der Waals surface area contributed by atoms with Crippen LogP contribution in [0.3, 0.4) is 0 Å². The van der Waals surface area contributed by atoms with Gasteiger partial charge in [0.25, 0.3) is 0 Å². The Bertz CT molecular complexity index is 3340. The molecule has 9 aliphatic rings. The maximum atomic E-state index is 16.5. The molecule has 4 saturated heterocycles. The largest absolute Gasteiger partial charge is 0.444 e. The number of esters is 1. The predicted molar refractivity (Wildman–Crippen MR) is 390 cm³/mol. The number of hydrogen-bond donors (Lipinski definition) is 2. The number of alkyl carbamates (subject to hydrolysis) is 1. The SMILES string of the molecule is CC1C(OCc2ccccc2)[C@H](OCc2ccccc2)CO[C@H]1O[C@H]1C(C)O[C@@H](OC2C(C)[C@@H](NC(=O)CCCCCNC(=O)OC(C)(C)C)C(COCc3ccccc3)O[C@H]2OC(=O)[C@]23CCC(C)(C)CC2C2=CCC4C5(C)CC[C@H](C)C(C)(C)[C@@H]5CC[C@]4(C)[C@]2(C)CC3)C2OC(C)(C)OC21. The van der Waals surface area contributed by atoms with Gasteiger partial charge in [-0.15, -0.1) is 0 Å². The van der Waals surface area contributed by atoms with Gasteiger partial charge in [-0.05, 0) is 186 Å². The summed E-state index contributed by atoms with van der Waals surface area (Å²) in [6.07, 6.45) is 5.80. The summed E-state index contributed by atoms with van der Waals surface area (Å²) < 4.78 is 82.2. The summed E-state index contributed by atoms with van der Waals surface area (Å²) >= 11 is 0. The standard InChI is InChI=1S/C85H124N2O15/c1-53-38-40-82(14)64(80(53,10)11)39-41-84(16)65(82)37-36-60-61-47-79(8,9)42-44-85(61,45-43-83(60,84)15)76(89)99-74-69(54(2)67(62(96-74)51-91-48-57-29-21-17-22-30-57)87-66(88)35-27-20-28-46-86-77(90)102-78(5,6)7)97-75-72-71(100-81(12,13)101-72)70(56(4)95-75)98-73-55(3)68(93-50-59-33-25-19-26-34-59)63(52-94-73)92-49-58-31-23-18-24-32-58/h17-19,21-26,29-34,36,53-56,61-65,67-75H,20,27-28,35,37-52H2,1-16H3,(H,86,90)(H,87,88)/t53-,54?,55?,56?,61?,62?,63+,64-,65?,67+,68?,69?,70-,71?,72?,73-,74-,75-,82?,83+,84-,85-/m0/s1. The fourth-order valence-electron chi connectivity index (χ4n) is 20.6. The Balaban J connectivity index is 0.833. The number of carbonyl (C=O) groups is 3. The maximum Gasteiger partial charge on any atom is 0.407 e. The zero-order valence-corrected chi connectivity index (χ0v) is 64.4. The molecule has 0 aromatic heterocycles. The summed E-state index contributed by atoms with van der Waals surface area (Å²) in [5, 5.41) is 6.24. The van der Waals surface area contributed by atoms with Gasteiger partial charge in [0.1, 0.15) is 42.2 Å². The summed E-state index contributed by atoms with van der Waals surface area (Å²) in [6.45, 7) is 37.4. The summed E-state index contributed by atoms with van der Waals surface area (Å²) in [5.74, 6) is -0.526. The summed E-state index contributed by atoms with van der Waals surface area (Å²) in [7, 11) is 0. The highest BCUT2D eigenvalue weighted by Gasteiger charge is 2.70. The van der Waals surface area contributed by atoms with E-state index < -0.39 is 96.5 Å². The Morgan fingerprint density at radius 2 is 1.26 bits per heavy atom. The minimum Gasteiger partial charge on any atom is -0.444 e. The molecule has 0 bridgehead atoms. The smallest absolute Gasteiger partial charge is 0.407 e. The van der Waals surface area contributed by atoms with E-state index >= 15 is 4.79 Å². The second-order valence-corrected chi connectivity index (χ2v) is 35.9. The van der Waals surface area contributed by atoms with Crippen molar-refractivity contribution in [2.24, 2.45) is 68.0 Å². The van der Waals surface area contributed by atoms with E-state index in [0.29, 0.717) is 76.2 Å². The molecule has 0 spiro atoms.